The van der Waals surface area contributed by atoms with Gasteiger partial charge in [0.05, 0.1) is 0 Å². The van der Waals surface area contributed by atoms with Crippen LogP contribution in [0.1, 0.15) is 59.3 Å². The van der Waals surface area contributed by atoms with E-state index in [0.717, 1.165) is 12.6 Å². The third kappa shape index (κ3) is 3.48. The van der Waals surface area contributed by atoms with Gasteiger partial charge in [0.25, 0.3) is 0 Å². The number of likely N-dealkylation sites (tertiary alicyclic amines) is 1. The van der Waals surface area contributed by atoms with Crippen molar-refractivity contribution >= 4 is 11.8 Å². The van der Waals surface area contributed by atoms with Crippen LogP contribution < -0.4 is 5.73 Å². The van der Waals surface area contributed by atoms with Crippen LogP contribution >= 0.6 is 11.8 Å². The number of nitrogens with two attached hydrogens (primary N) is 1. The van der Waals surface area contributed by atoms with Gasteiger partial charge in [-0.2, -0.15) is 11.8 Å². The summed E-state index contributed by atoms with van der Waals surface area (Å²) in [7, 11) is 0. The fourth-order valence-electron chi connectivity index (χ4n) is 4.17. The van der Waals surface area contributed by atoms with Crippen molar-refractivity contribution < 1.29 is 0 Å². The Morgan fingerprint density at radius 2 is 2.00 bits per heavy atom. The van der Waals surface area contributed by atoms with Crippen LogP contribution in [0.2, 0.25) is 0 Å². The first-order chi connectivity index (χ1) is 9.03. The molecule has 2 atom stereocenters. The molecular weight excluding hydrogens is 252 g/mol. The zero-order chi connectivity index (χ0) is 13.9. The molecule has 2 rings (SSSR count). The molecule has 0 amide bonds. The predicted octanol–water partition coefficient (Wildman–Crippen LogP) is 3.50. The number of rotatable bonds is 3. The van der Waals surface area contributed by atoms with Crippen LogP contribution in [0.15, 0.2) is 0 Å². The highest BCUT2D eigenvalue weighted by molar-refractivity contribution is 7.99. The summed E-state index contributed by atoms with van der Waals surface area (Å²) in [6.07, 6.45) is 8.12. The molecule has 2 aliphatic rings. The Hall–Kier alpha value is 0.270. The normalized spacial score (nSPS) is 36.9. The summed E-state index contributed by atoms with van der Waals surface area (Å²) in [4.78, 5) is 2.83. The average Bonchev–Trinajstić information content (AvgIpc) is 2.62. The summed E-state index contributed by atoms with van der Waals surface area (Å²) in [6, 6.07) is 0.764. The van der Waals surface area contributed by atoms with Gasteiger partial charge in [-0.05, 0) is 43.4 Å². The van der Waals surface area contributed by atoms with Gasteiger partial charge >= 0.3 is 0 Å². The van der Waals surface area contributed by atoms with Gasteiger partial charge in [0.1, 0.15) is 0 Å². The largest absolute Gasteiger partial charge is 0.329 e. The first-order valence-corrected chi connectivity index (χ1v) is 9.23. The van der Waals surface area contributed by atoms with Gasteiger partial charge in [-0.1, -0.05) is 33.6 Å². The Morgan fingerprint density at radius 3 is 2.63 bits per heavy atom. The molecule has 3 heteroatoms. The second-order valence-electron chi connectivity index (χ2n) is 7.37. The van der Waals surface area contributed by atoms with E-state index >= 15 is 0 Å². The van der Waals surface area contributed by atoms with Crippen LogP contribution in [0, 0.1) is 5.41 Å². The van der Waals surface area contributed by atoms with Gasteiger partial charge in [0, 0.05) is 23.9 Å². The first-order valence-electron chi connectivity index (χ1n) is 8.08. The summed E-state index contributed by atoms with van der Waals surface area (Å²) in [5, 5.41) is 0. The van der Waals surface area contributed by atoms with Crippen molar-refractivity contribution in [1.29, 1.82) is 0 Å². The third-order valence-corrected chi connectivity index (χ3v) is 6.74. The lowest BCUT2D eigenvalue weighted by atomic mass is 9.78. The lowest BCUT2D eigenvalue weighted by Crippen LogP contribution is -2.62. The molecule has 0 radical (unpaired) electrons. The minimum Gasteiger partial charge on any atom is -0.329 e. The first kappa shape index (κ1) is 15.7. The summed E-state index contributed by atoms with van der Waals surface area (Å²) >= 11 is 2.12. The molecular formula is C16H32N2S. The Bertz CT molecular complexity index is 292. The van der Waals surface area contributed by atoms with Crippen LogP contribution in [0.3, 0.4) is 0 Å². The van der Waals surface area contributed by atoms with Crippen molar-refractivity contribution in [2.45, 2.75) is 70.9 Å². The third-order valence-electron chi connectivity index (χ3n) is 5.01. The van der Waals surface area contributed by atoms with Gasteiger partial charge in [0.15, 0.2) is 0 Å². The zero-order valence-corrected chi connectivity index (χ0v) is 13.9. The fourth-order valence-corrected chi connectivity index (χ4v) is 5.69. The van der Waals surface area contributed by atoms with Crippen molar-refractivity contribution in [1.82, 2.24) is 4.90 Å². The van der Waals surface area contributed by atoms with E-state index in [1.807, 2.05) is 0 Å². The van der Waals surface area contributed by atoms with E-state index in [-0.39, 0.29) is 5.54 Å². The maximum Gasteiger partial charge on any atom is 0.0430 e. The molecule has 0 aromatic rings. The number of thioether (sulfide) groups is 1. The molecule has 0 saturated carbocycles. The molecule has 0 aromatic carbocycles. The molecule has 0 aromatic heterocycles. The fraction of sp³-hybridized carbons (Fsp3) is 1.00. The molecule has 2 nitrogen and oxygen atoms in total. The summed E-state index contributed by atoms with van der Waals surface area (Å²) in [5.74, 6) is 2.53. The quantitative estimate of drug-likeness (QED) is 0.860. The van der Waals surface area contributed by atoms with E-state index in [2.05, 4.69) is 37.4 Å². The molecule has 2 unspecified atom stereocenters. The van der Waals surface area contributed by atoms with E-state index in [9.17, 15) is 0 Å². The average molecular weight is 285 g/mol. The van der Waals surface area contributed by atoms with E-state index in [4.69, 9.17) is 5.73 Å². The molecule has 19 heavy (non-hydrogen) atoms. The Labute approximate surface area is 123 Å². The van der Waals surface area contributed by atoms with Crippen molar-refractivity contribution in [3.63, 3.8) is 0 Å². The SMILES string of the molecule is CCC1CCCCCN1C1(CN)CSCC(C)(C)C1. The number of hydrogen-bond donors (Lipinski definition) is 1. The van der Waals surface area contributed by atoms with Gasteiger partial charge in [-0.25, -0.2) is 0 Å². The van der Waals surface area contributed by atoms with Crippen molar-refractivity contribution in [2.24, 2.45) is 11.1 Å². The highest BCUT2D eigenvalue weighted by Gasteiger charge is 2.45. The van der Waals surface area contributed by atoms with E-state index in [0.29, 0.717) is 5.41 Å². The number of nitrogens with zero attached hydrogens (tertiary/aromatic N) is 1. The molecule has 2 saturated heterocycles. The van der Waals surface area contributed by atoms with E-state index in [1.54, 1.807) is 0 Å². The lowest BCUT2D eigenvalue weighted by molar-refractivity contribution is 0.0303. The van der Waals surface area contributed by atoms with Crippen molar-refractivity contribution in [3.8, 4) is 0 Å². The zero-order valence-electron chi connectivity index (χ0n) is 13.1. The highest BCUT2D eigenvalue weighted by Crippen LogP contribution is 2.43. The summed E-state index contributed by atoms with van der Waals surface area (Å²) < 4.78 is 0. The van der Waals surface area contributed by atoms with Gasteiger partial charge in [-0.3, -0.25) is 4.90 Å². The molecule has 2 fully saturated rings. The molecule has 0 bridgehead atoms. The van der Waals surface area contributed by atoms with Crippen LogP contribution in [-0.2, 0) is 0 Å². The molecule has 2 heterocycles. The summed E-state index contributed by atoms with van der Waals surface area (Å²) in [6.45, 7) is 9.30. The topological polar surface area (TPSA) is 29.3 Å². The second kappa shape index (κ2) is 6.36. The molecule has 0 spiro atoms. The standard InChI is InChI=1S/C16H32N2S/c1-4-14-8-6-5-7-9-18(14)16(11-17)10-15(2,3)12-19-13-16/h14H,4-13,17H2,1-3H3. The van der Waals surface area contributed by atoms with Crippen LogP contribution in [-0.4, -0.2) is 41.1 Å². The summed E-state index contributed by atoms with van der Waals surface area (Å²) in [5.41, 5.74) is 7.00. The Kier molecular flexibility index (Phi) is 5.24. The molecule has 2 aliphatic heterocycles. The molecule has 0 aliphatic carbocycles. The highest BCUT2D eigenvalue weighted by atomic mass is 32.2. The van der Waals surface area contributed by atoms with Gasteiger partial charge in [0.2, 0.25) is 0 Å². The smallest absolute Gasteiger partial charge is 0.0430 e. The second-order valence-corrected chi connectivity index (χ2v) is 8.35. The maximum absolute atomic E-state index is 6.30. The van der Waals surface area contributed by atoms with Crippen LogP contribution in [0.25, 0.3) is 0 Å². The van der Waals surface area contributed by atoms with Crippen molar-refractivity contribution in [3.05, 3.63) is 0 Å². The predicted molar refractivity (Wildman–Crippen MR) is 86.8 cm³/mol. The molecule has 2 N–H and O–H groups in total. The monoisotopic (exact) mass is 284 g/mol. The van der Waals surface area contributed by atoms with Gasteiger partial charge in [-0.15, -0.1) is 0 Å². The Balaban J connectivity index is 2.22. The maximum atomic E-state index is 6.30. The van der Waals surface area contributed by atoms with Crippen molar-refractivity contribution in [2.75, 3.05) is 24.6 Å². The number of hydrogen-bond acceptors (Lipinski definition) is 3. The lowest BCUT2D eigenvalue weighted by Gasteiger charge is -2.53. The van der Waals surface area contributed by atoms with E-state index < -0.39 is 0 Å². The van der Waals surface area contributed by atoms with Gasteiger partial charge < -0.3 is 5.73 Å². The minimum atomic E-state index is 0.261. The minimum absolute atomic E-state index is 0.261. The van der Waals surface area contributed by atoms with Crippen LogP contribution in [0.5, 0.6) is 0 Å². The van der Waals surface area contributed by atoms with Crippen LogP contribution in [0.4, 0.5) is 0 Å². The molecule has 112 valence electrons. The Morgan fingerprint density at radius 1 is 1.21 bits per heavy atom. The van der Waals surface area contributed by atoms with E-state index in [1.165, 1.54) is 56.6 Å².